The van der Waals surface area contributed by atoms with Crippen LogP contribution in [0.4, 0.5) is 0 Å². The lowest BCUT2D eigenvalue weighted by atomic mass is 9.89. The predicted molar refractivity (Wildman–Crippen MR) is 69.6 cm³/mol. The van der Waals surface area contributed by atoms with Gasteiger partial charge in [-0.15, -0.1) is 0 Å². The molecule has 17 heavy (non-hydrogen) atoms. The van der Waals surface area contributed by atoms with Crippen molar-refractivity contribution in [2.24, 2.45) is 11.7 Å². The third-order valence-corrected chi connectivity index (χ3v) is 4.61. The number of hydrogen-bond acceptors (Lipinski definition) is 2. The molecule has 0 aromatic heterocycles. The number of nitrogens with two attached hydrogens (primary N) is 1. The van der Waals surface area contributed by atoms with Crippen LogP contribution in [0, 0.1) is 5.92 Å². The van der Waals surface area contributed by atoms with Crippen LogP contribution >= 0.6 is 0 Å². The predicted octanol–water partition coefficient (Wildman–Crippen LogP) is 2.29. The number of nitrogens with zero attached hydrogens (tertiary/aromatic N) is 1. The van der Waals surface area contributed by atoms with Crippen molar-refractivity contribution in [1.29, 1.82) is 0 Å². The van der Waals surface area contributed by atoms with E-state index in [0.717, 1.165) is 19.3 Å². The molecule has 2 N–H and O–H groups in total. The first-order valence-corrected chi connectivity index (χ1v) is 7.19. The Labute approximate surface area is 105 Å². The van der Waals surface area contributed by atoms with E-state index in [4.69, 9.17) is 5.73 Å². The summed E-state index contributed by atoms with van der Waals surface area (Å²) < 4.78 is 0. The van der Waals surface area contributed by atoms with Gasteiger partial charge in [-0.05, 0) is 31.6 Å². The molecule has 0 aromatic carbocycles. The Morgan fingerprint density at radius 3 is 2.35 bits per heavy atom. The number of carbonyl (C=O) groups excluding carboxylic acids is 1. The molecule has 3 nitrogen and oxygen atoms in total. The van der Waals surface area contributed by atoms with Gasteiger partial charge in [-0.3, -0.25) is 4.79 Å². The van der Waals surface area contributed by atoms with Crippen LogP contribution in [-0.4, -0.2) is 29.9 Å². The molecular formula is C14H26N2O. The zero-order valence-corrected chi connectivity index (χ0v) is 11.0. The van der Waals surface area contributed by atoms with Crippen LogP contribution in [0.15, 0.2) is 0 Å². The summed E-state index contributed by atoms with van der Waals surface area (Å²) in [4.78, 5) is 14.2. The van der Waals surface area contributed by atoms with E-state index in [0.29, 0.717) is 11.8 Å². The molecule has 2 fully saturated rings. The number of hydrogen-bond donors (Lipinski definition) is 1. The second-order valence-corrected chi connectivity index (χ2v) is 5.87. The van der Waals surface area contributed by atoms with E-state index in [-0.39, 0.29) is 12.1 Å². The Bertz CT molecular complexity index is 261. The lowest BCUT2D eigenvalue weighted by Crippen LogP contribution is -2.50. The lowest BCUT2D eigenvalue weighted by Gasteiger charge is -2.36. The van der Waals surface area contributed by atoms with Crippen LogP contribution in [0.25, 0.3) is 0 Å². The molecule has 2 saturated carbocycles. The minimum absolute atomic E-state index is 0.196. The van der Waals surface area contributed by atoms with Gasteiger partial charge in [0.15, 0.2) is 0 Å². The summed E-state index contributed by atoms with van der Waals surface area (Å²) in [6.45, 7) is 0. The molecule has 0 aliphatic heterocycles. The topological polar surface area (TPSA) is 46.3 Å². The first-order valence-electron chi connectivity index (χ1n) is 7.19. The Kier molecular flexibility index (Phi) is 4.43. The third kappa shape index (κ3) is 3.21. The summed E-state index contributed by atoms with van der Waals surface area (Å²) >= 11 is 0. The molecule has 3 heteroatoms. The summed E-state index contributed by atoms with van der Waals surface area (Å²) in [5, 5.41) is 0. The Morgan fingerprint density at radius 2 is 1.71 bits per heavy atom. The molecular weight excluding hydrogens is 212 g/mol. The molecule has 0 aromatic rings. The SMILES string of the molecule is CN(C(=O)CC1CCCC1)C1CCCCC1N. The van der Waals surface area contributed by atoms with Crippen molar-refractivity contribution in [3.63, 3.8) is 0 Å². The molecule has 2 rings (SSSR count). The standard InChI is InChI=1S/C14H26N2O/c1-16(13-9-5-4-8-12(13)15)14(17)10-11-6-2-3-7-11/h11-13H,2-10,15H2,1H3. The highest BCUT2D eigenvalue weighted by atomic mass is 16.2. The van der Waals surface area contributed by atoms with Gasteiger partial charge in [0.05, 0.1) is 0 Å². The van der Waals surface area contributed by atoms with E-state index < -0.39 is 0 Å². The lowest BCUT2D eigenvalue weighted by molar-refractivity contribution is -0.133. The number of likely N-dealkylation sites (N-methyl/N-ethyl adjacent to an activating group) is 1. The van der Waals surface area contributed by atoms with Crippen LogP contribution in [0.3, 0.4) is 0 Å². The van der Waals surface area contributed by atoms with Crippen LogP contribution in [0.5, 0.6) is 0 Å². The molecule has 1 amide bonds. The first-order chi connectivity index (χ1) is 8.18. The normalized spacial score (nSPS) is 30.5. The van der Waals surface area contributed by atoms with E-state index in [1.54, 1.807) is 0 Å². The maximum atomic E-state index is 12.2. The summed E-state index contributed by atoms with van der Waals surface area (Å²) in [6.07, 6.45) is 10.5. The van der Waals surface area contributed by atoms with E-state index in [1.807, 2.05) is 11.9 Å². The Balaban J connectivity index is 1.84. The van der Waals surface area contributed by atoms with Crippen molar-refractivity contribution >= 4 is 5.91 Å². The number of carbonyl (C=O) groups is 1. The minimum Gasteiger partial charge on any atom is -0.341 e. The van der Waals surface area contributed by atoms with Crippen molar-refractivity contribution in [2.75, 3.05) is 7.05 Å². The Hall–Kier alpha value is -0.570. The molecule has 2 aliphatic carbocycles. The fourth-order valence-electron chi connectivity index (χ4n) is 3.41. The van der Waals surface area contributed by atoms with Gasteiger partial charge in [0, 0.05) is 25.6 Å². The molecule has 0 heterocycles. The number of amides is 1. The van der Waals surface area contributed by atoms with Gasteiger partial charge in [0.25, 0.3) is 0 Å². The molecule has 2 unspecified atom stereocenters. The quantitative estimate of drug-likeness (QED) is 0.820. The van der Waals surface area contributed by atoms with E-state index in [1.165, 1.54) is 38.5 Å². The second kappa shape index (κ2) is 5.85. The summed E-state index contributed by atoms with van der Waals surface area (Å²) in [7, 11) is 1.95. The zero-order valence-electron chi connectivity index (χ0n) is 11.0. The van der Waals surface area contributed by atoms with Gasteiger partial charge < -0.3 is 10.6 Å². The fourth-order valence-corrected chi connectivity index (χ4v) is 3.41. The van der Waals surface area contributed by atoms with Gasteiger partial charge in [-0.2, -0.15) is 0 Å². The summed E-state index contributed by atoms with van der Waals surface area (Å²) in [5.74, 6) is 0.962. The summed E-state index contributed by atoms with van der Waals surface area (Å²) in [5.41, 5.74) is 6.13. The molecule has 0 bridgehead atoms. The minimum atomic E-state index is 0.196. The van der Waals surface area contributed by atoms with Gasteiger partial charge >= 0.3 is 0 Å². The van der Waals surface area contributed by atoms with Crippen molar-refractivity contribution in [1.82, 2.24) is 4.90 Å². The smallest absolute Gasteiger partial charge is 0.222 e. The maximum absolute atomic E-state index is 12.2. The van der Waals surface area contributed by atoms with Gasteiger partial charge in [0.2, 0.25) is 5.91 Å². The maximum Gasteiger partial charge on any atom is 0.222 e. The highest BCUT2D eigenvalue weighted by molar-refractivity contribution is 5.76. The molecule has 2 aliphatic rings. The fraction of sp³-hybridized carbons (Fsp3) is 0.929. The monoisotopic (exact) mass is 238 g/mol. The molecule has 0 spiro atoms. The number of rotatable bonds is 3. The molecule has 0 saturated heterocycles. The molecule has 2 atom stereocenters. The van der Waals surface area contributed by atoms with Crippen LogP contribution in [0.2, 0.25) is 0 Å². The van der Waals surface area contributed by atoms with E-state index in [9.17, 15) is 4.79 Å². The second-order valence-electron chi connectivity index (χ2n) is 5.87. The van der Waals surface area contributed by atoms with Crippen molar-refractivity contribution in [2.45, 2.75) is 69.9 Å². The average Bonchev–Trinajstić information content (AvgIpc) is 2.81. The highest BCUT2D eigenvalue weighted by Crippen LogP contribution is 2.29. The largest absolute Gasteiger partial charge is 0.341 e. The van der Waals surface area contributed by atoms with Crippen molar-refractivity contribution in [3.8, 4) is 0 Å². The molecule has 0 radical (unpaired) electrons. The van der Waals surface area contributed by atoms with Gasteiger partial charge in [-0.25, -0.2) is 0 Å². The van der Waals surface area contributed by atoms with E-state index in [2.05, 4.69) is 0 Å². The highest BCUT2D eigenvalue weighted by Gasteiger charge is 2.29. The summed E-state index contributed by atoms with van der Waals surface area (Å²) in [6, 6.07) is 0.485. The van der Waals surface area contributed by atoms with Crippen LogP contribution in [-0.2, 0) is 4.79 Å². The Morgan fingerprint density at radius 1 is 1.12 bits per heavy atom. The average molecular weight is 238 g/mol. The van der Waals surface area contributed by atoms with Crippen molar-refractivity contribution in [3.05, 3.63) is 0 Å². The van der Waals surface area contributed by atoms with E-state index >= 15 is 0 Å². The zero-order chi connectivity index (χ0) is 12.3. The van der Waals surface area contributed by atoms with Gasteiger partial charge in [0.1, 0.15) is 0 Å². The third-order valence-electron chi connectivity index (χ3n) is 4.61. The van der Waals surface area contributed by atoms with Crippen LogP contribution in [0.1, 0.15) is 57.8 Å². The van der Waals surface area contributed by atoms with Crippen LogP contribution < -0.4 is 5.73 Å². The first kappa shape index (κ1) is 12.9. The van der Waals surface area contributed by atoms with Gasteiger partial charge in [-0.1, -0.05) is 25.7 Å². The molecule has 98 valence electrons. The van der Waals surface area contributed by atoms with Crippen molar-refractivity contribution < 1.29 is 4.79 Å².